The second kappa shape index (κ2) is 5.69. The molecule has 1 aromatic carbocycles. The second-order valence-electron chi connectivity index (χ2n) is 7.42. The van der Waals surface area contributed by atoms with Gasteiger partial charge in [-0.25, -0.2) is 0 Å². The Morgan fingerprint density at radius 2 is 1.64 bits per heavy atom. The van der Waals surface area contributed by atoms with E-state index in [0.717, 1.165) is 24.4 Å². The van der Waals surface area contributed by atoms with Crippen molar-refractivity contribution >= 4 is 5.91 Å². The van der Waals surface area contributed by atoms with Crippen LogP contribution < -0.4 is 5.32 Å². The average Bonchev–Trinajstić information content (AvgIpc) is 3.31. The third kappa shape index (κ3) is 2.79. The molecule has 2 bridgehead atoms. The number of hydrogen-bond acceptors (Lipinski definition) is 2. The van der Waals surface area contributed by atoms with Gasteiger partial charge < -0.3 is 5.32 Å². The van der Waals surface area contributed by atoms with Crippen LogP contribution in [0.25, 0.3) is 0 Å². The van der Waals surface area contributed by atoms with Gasteiger partial charge in [0.05, 0.1) is 0 Å². The molecule has 2 atom stereocenters. The Balaban J connectivity index is 1.41. The van der Waals surface area contributed by atoms with Gasteiger partial charge in [-0.2, -0.15) is 0 Å². The second-order valence-corrected chi connectivity index (χ2v) is 7.42. The highest BCUT2D eigenvalue weighted by molar-refractivity contribution is 5.94. The Bertz CT molecular complexity index is 535. The first kappa shape index (κ1) is 14.3. The lowest BCUT2D eigenvalue weighted by Crippen LogP contribution is -2.57. The molecule has 1 N–H and O–H groups in total. The maximum Gasteiger partial charge on any atom is 0.251 e. The Morgan fingerprint density at radius 3 is 2.23 bits per heavy atom. The number of nitrogens with one attached hydrogen (secondary N) is 1. The molecule has 3 aliphatic rings. The first-order valence-electron chi connectivity index (χ1n) is 8.85. The Morgan fingerprint density at radius 1 is 1.00 bits per heavy atom. The molecule has 22 heavy (non-hydrogen) atoms. The number of fused-ring (bicyclic) bond motifs is 2. The van der Waals surface area contributed by atoms with Gasteiger partial charge in [0.2, 0.25) is 0 Å². The SMILES string of the molecule is Cc1ccc(C(=O)NC2C[C@@H]3CCC[C@@H](C2)N3C2CC2)cc1. The number of nitrogens with zero attached hydrogens (tertiary/aromatic N) is 1. The molecule has 118 valence electrons. The van der Waals surface area contributed by atoms with Gasteiger partial charge in [-0.05, 0) is 57.6 Å². The lowest BCUT2D eigenvalue weighted by molar-refractivity contribution is 0.0175. The van der Waals surface area contributed by atoms with Crippen molar-refractivity contribution in [1.82, 2.24) is 10.2 Å². The molecule has 4 rings (SSSR count). The zero-order valence-corrected chi connectivity index (χ0v) is 13.4. The summed E-state index contributed by atoms with van der Waals surface area (Å²) in [5.74, 6) is 0.0999. The molecule has 3 heteroatoms. The van der Waals surface area contributed by atoms with E-state index in [9.17, 15) is 4.79 Å². The van der Waals surface area contributed by atoms with E-state index in [1.165, 1.54) is 37.7 Å². The smallest absolute Gasteiger partial charge is 0.251 e. The van der Waals surface area contributed by atoms with E-state index in [1.54, 1.807) is 0 Å². The van der Waals surface area contributed by atoms with Crippen LogP contribution >= 0.6 is 0 Å². The molecule has 0 spiro atoms. The summed E-state index contributed by atoms with van der Waals surface area (Å²) < 4.78 is 0. The van der Waals surface area contributed by atoms with Crippen LogP contribution in [-0.2, 0) is 0 Å². The van der Waals surface area contributed by atoms with Crippen molar-refractivity contribution in [1.29, 1.82) is 0 Å². The summed E-state index contributed by atoms with van der Waals surface area (Å²) in [6.45, 7) is 2.05. The van der Waals surface area contributed by atoms with Gasteiger partial charge in [0, 0.05) is 29.7 Å². The Kier molecular flexibility index (Phi) is 3.69. The number of rotatable bonds is 3. The van der Waals surface area contributed by atoms with E-state index < -0.39 is 0 Å². The number of benzene rings is 1. The van der Waals surface area contributed by atoms with E-state index in [2.05, 4.69) is 17.1 Å². The van der Waals surface area contributed by atoms with Gasteiger partial charge in [0.1, 0.15) is 0 Å². The molecule has 2 saturated heterocycles. The molecule has 3 nitrogen and oxygen atoms in total. The van der Waals surface area contributed by atoms with Crippen LogP contribution in [-0.4, -0.2) is 35.0 Å². The Hall–Kier alpha value is -1.35. The van der Waals surface area contributed by atoms with Crippen LogP contribution in [0, 0.1) is 6.92 Å². The monoisotopic (exact) mass is 298 g/mol. The molecular formula is C19H26N2O. The summed E-state index contributed by atoms with van der Waals surface area (Å²) in [6.07, 6.45) is 9.10. The van der Waals surface area contributed by atoms with Crippen LogP contribution in [0.3, 0.4) is 0 Å². The summed E-state index contributed by atoms with van der Waals surface area (Å²) in [4.78, 5) is 15.3. The number of piperidine rings is 2. The molecule has 0 aromatic heterocycles. The number of hydrogen-bond donors (Lipinski definition) is 1. The van der Waals surface area contributed by atoms with E-state index in [4.69, 9.17) is 0 Å². The first-order chi connectivity index (χ1) is 10.7. The minimum absolute atomic E-state index is 0.0999. The number of carbonyl (C=O) groups excluding carboxylic acids is 1. The van der Waals surface area contributed by atoms with Gasteiger partial charge in [-0.15, -0.1) is 0 Å². The van der Waals surface area contributed by atoms with Gasteiger partial charge in [0.15, 0.2) is 0 Å². The Labute approximate surface area is 133 Å². The third-order valence-corrected chi connectivity index (χ3v) is 5.65. The van der Waals surface area contributed by atoms with Gasteiger partial charge in [-0.3, -0.25) is 9.69 Å². The van der Waals surface area contributed by atoms with Crippen molar-refractivity contribution in [3.05, 3.63) is 35.4 Å². The topological polar surface area (TPSA) is 32.3 Å². The van der Waals surface area contributed by atoms with Crippen LogP contribution in [0.2, 0.25) is 0 Å². The fourth-order valence-electron chi connectivity index (χ4n) is 4.48. The molecule has 1 saturated carbocycles. The predicted octanol–water partition coefficient (Wildman–Crippen LogP) is 3.27. The minimum atomic E-state index is 0.0999. The van der Waals surface area contributed by atoms with Crippen molar-refractivity contribution in [2.45, 2.75) is 76.0 Å². The van der Waals surface area contributed by atoms with Gasteiger partial charge in [-0.1, -0.05) is 24.1 Å². The van der Waals surface area contributed by atoms with Crippen LogP contribution in [0.1, 0.15) is 60.9 Å². The number of carbonyl (C=O) groups is 1. The van der Waals surface area contributed by atoms with Crippen LogP contribution in [0.4, 0.5) is 0 Å². The number of aryl methyl sites for hydroxylation is 1. The molecule has 3 fully saturated rings. The molecule has 1 aromatic rings. The first-order valence-corrected chi connectivity index (χ1v) is 8.85. The fraction of sp³-hybridized carbons (Fsp3) is 0.632. The quantitative estimate of drug-likeness (QED) is 0.929. The highest BCUT2D eigenvalue weighted by Crippen LogP contribution is 2.41. The zero-order valence-electron chi connectivity index (χ0n) is 13.4. The van der Waals surface area contributed by atoms with Crippen molar-refractivity contribution in [3.8, 4) is 0 Å². The zero-order chi connectivity index (χ0) is 15.1. The number of amides is 1. The average molecular weight is 298 g/mol. The summed E-state index contributed by atoms with van der Waals surface area (Å²) in [5.41, 5.74) is 1.99. The van der Waals surface area contributed by atoms with Crippen molar-refractivity contribution < 1.29 is 4.79 Å². The lowest BCUT2D eigenvalue weighted by atomic mass is 9.81. The highest BCUT2D eigenvalue weighted by atomic mass is 16.1. The molecule has 0 radical (unpaired) electrons. The molecule has 1 amide bonds. The van der Waals surface area contributed by atoms with E-state index >= 15 is 0 Å². The fourth-order valence-corrected chi connectivity index (χ4v) is 4.48. The van der Waals surface area contributed by atoms with Gasteiger partial charge >= 0.3 is 0 Å². The van der Waals surface area contributed by atoms with Crippen molar-refractivity contribution in [3.63, 3.8) is 0 Å². The largest absolute Gasteiger partial charge is 0.349 e. The summed E-state index contributed by atoms with van der Waals surface area (Å²) >= 11 is 0. The van der Waals surface area contributed by atoms with E-state index in [0.29, 0.717) is 18.1 Å². The molecular weight excluding hydrogens is 272 g/mol. The summed E-state index contributed by atoms with van der Waals surface area (Å²) in [7, 11) is 0. The van der Waals surface area contributed by atoms with Crippen molar-refractivity contribution in [2.75, 3.05) is 0 Å². The normalized spacial score (nSPS) is 31.8. The summed E-state index contributed by atoms with van der Waals surface area (Å²) in [6, 6.07) is 10.5. The van der Waals surface area contributed by atoms with Crippen LogP contribution in [0.15, 0.2) is 24.3 Å². The van der Waals surface area contributed by atoms with Crippen LogP contribution in [0.5, 0.6) is 0 Å². The molecule has 1 aliphatic carbocycles. The summed E-state index contributed by atoms with van der Waals surface area (Å²) in [5, 5.41) is 3.30. The third-order valence-electron chi connectivity index (χ3n) is 5.65. The maximum atomic E-state index is 12.4. The van der Waals surface area contributed by atoms with Crippen molar-refractivity contribution in [2.24, 2.45) is 0 Å². The molecule has 0 unspecified atom stereocenters. The van der Waals surface area contributed by atoms with E-state index in [-0.39, 0.29) is 5.91 Å². The predicted molar refractivity (Wildman–Crippen MR) is 88.0 cm³/mol. The standard InChI is InChI=1S/C19H26N2O/c1-13-5-7-14(8-6-13)19(22)20-15-11-17-3-2-4-18(12-15)21(17)16-9-10-16/h5-8,15-18H,2-4,9-12H2,1H3,(H,20,22)/t17-,18-/m0/s1. The molecule has 2 heterocycles. The van der Waals surface area contributed by atoms with E-state index in [1.807, 2.05) is 24.3 Å². The lowest BCUT2D eigenvalue weighted by Gasteiger charge is -2.49. The minimum Gasteiger partial charge on any atom is -0.349 e. The van der Waals surface area contributed by atoms with Gasteiger partial charge in [0.25, 0.3) is 5.91 Å². The molecule has 2 aliphatic heterocycles. The maximum absolute atomic E-state index is 12.4. The highest BCUT2D eigenvalue weighted by Gasteiger charge is 2.45.